The average Bonchev–Trinajstić information content (AvgIpc) is 3.14. The van der Waals surface area contributed by atoms with E-state index in [9.17, 15) is 9.90 Å². The minimum atomic E-state index is -0.966. The number of carboxylic acids is 1. The van der Waals surface area contributed by atoms with E-state index in [-0.39, 0.29) is 5.56 Å². The van der Waals surface area contributed by atoms with E-state index >= 15 is 0 Å². The van der Waals surface area contributed by atoms with Gasteiger partial charge in [0, 0.05) is 30.0 Å². The summed E-state index contributed by atoms with van der Waals surface area (Å²) in [4.78, 5) is 11.8. The number of ether oxygens (including phenoxy) is 1. The molecule has 0 atom stereocenters. The van der Waals surface area contributed by atoms with E-state index in [0.29, 0.717) is 11.5 Å². The largest absolute Gasteiger partial charge is 0.495 e. The second-order valence-electron chi connectivity index (χ2n) is 5.76. The van der Waals surface area contributed by atoms with Crippen LogP contribution in [0.25, 0.3) is 11.1 Å². The molecule has 0 bridgehead atoms. The van der Waals surface area contributed by atoms with Gasteiger partial charge in [0.25, 0.3) is 0 Å². The van der Waals surface area contributed by atoms with Crippen LogP contribution in [0.2, 0.25) is 0 Å². The zero-order valence-electron chi connectivity index (χ0n) is 13.7. The van der Waals surface area contributed by atoms with E-state index < -0.39 is 5.97 Å². The van der Waals surface area contributed by atoms with Gasteiger partial charge in [-0.1, -0.05) is 30.5 Å². The number of hydrogen-bond acceptors (Lipinski definition) is 5. The minimum Gasteiger partial charge on any atom is -0.495 e. The molecule has 0 saturated carbocycles. The SMILES string of the molecule is COc1c(-c2ccoc2)ccc(CSN2CCCCC2)c1C(=O)O. The van der Waals surface area contributed by atoms with Crippen molar-refractivity contribution in [3.8, 4) is 16.9 Å². The molecule has 3 rings (SSSR count). The molecule has 2 heterocycles. The minimum absolute atomic E-state index is 0.237. The topological polar surface area (TPSA) is 62.9 Å². The van der Waals surface area contributed by atoms with Gasteiger partial charge in [-0.25, -0.2) is 4.79 Å². The van der Waals surface area contributed by atoms with Crippen molar-refractivity contribution in [1.82, 2.24) is 4.31 Å². The van der Waals surface area contributed by atoms with Gasteiger partial charge in [0.15, 0.2) is 0 Å². The normalized spacial score (nSPS) is 15.4. The molecule has 1 aliphatic rings. The fraction of sp³-hybridized carbons (Fsp3) is 0.389. The van der Waals surface area contributed by atoms with Crippen molar-refractivity contribution in [3.63, 3.8) is 0 Å². The molecule has 6 heteroatoms. The molecule has 0 aliphatic carbocycles. The lowest BCUT2D eigenvalue weighted by Gasteiger charge is -2.25. The van der Waals surface area contributed by atoms with E-state index in [4.69, 9.17) is 9.15 Å². The summed E-state index contributed by atoms with van der Waals surface area (Å²) in [5.41, 5.74) is 2.56. The van der Waals surface area contributed by atoms with Crippen LogP contribution in [0.3, 0.4) is 0 Å². The lowest BCUT2D eigenvalue weighted by atomic mass is 9.99. The van der Waals surface area contributed by atoms with Crippen molar-refractivity contribution in [2.24, 2.45) is 0 Å². The Labute approximate surface area is 145 Å². The maximum atomic E-state index is 11.8. The predicted octanol–water partition coefficient (Wildman–Crippen LogP) is 4.29. The average molecular weight is 347 g/mol. The molecule has 1 aromatic carbocycles. The van der Waals surface area contributed by atoms with E-state index in [1.165, 1.54) is 26.4 Å². The number of carbonyl (C=O) groups is 1. The van der Waals surface area contributed by atoms with Crippen LogP contribution in [0.5, 0.6) is 5.75 Å². The molecule has 0 amide bonds. The number of methoxy groups -OCH3 is 1. The van der Waals surface area contributed by atoms with Gasteiger partial charge < -0.3 is 14.3 Å². The Morgan fingerprint density at radius 3 is 2.71 bits per heavy atom. The fourth-order valence-corrected chi connectivity index (χ4v) is 4.07. The predicted molar refractivity (Wildman–Crippen MR) is 94.4 cm³/mol. The molecule has 0 spiro atoms. The van der Waals surface area contributed by atoms with Crippen LogP contribution < -0.4 is 4.74 Å². The molecule has 24 heavy (non-hydrogen) atoms. The molecule has 1 aromatic heterocycles. The van der Waals surface area contributed by atoms with Crippen LogP contribution in [-0.4, -0.2) is 35.6 Å². The Bertz CT molecular complexity index is 693. The highest BCUT2D eigenvalue weighted by Crippen LogP contribution is 2.37. The zero-order valence-corrected chi connectivity index (χ0v) is 14.5. The lowest BCUT2D eigenvalue weighted by molar-refractivity contribution is 0.0692. The molecule has 0 radical (unpaired) electrons. The molecule has 5 nitrogen and oxygen atoms in total. The summed E-state index contributed by atoms with van der Waals surface area (Å²) in [5, 5.41) is 9.71. The third-order valence-corrected chi connectivity index (χ3v) is 5.38. The first-order chi connectivity index (χ1) is 11.7. The molecular formula is C18H21NO4S. The van der Waals surface area contributed by atoms with Gasteiger partial charge in [0.1, 0.15) is 11.3 Å². The number of piperidine rings is 1. The van der Waals surface area contributed by atoms with Crippen LogP contribution in [-0.2, 0) is 5.75 Å². The molecule has 1 saturated heterocycles. The maximum absolute atomic E-state index is 11.8. The van der Waals surface area contributed by atoms with Gasteiger partial charge >= 0.3 is 5.97 Å². The monoisotopic (exact) mass is 347 g/mol. The summed E-state index contributed by atoms with van der Waals surface area (Å²) in [6, 6.07) is 5.58. The molecule has 1 fully saturated rings. The standard InChI is InChI=1S/C18H21NO4S/c1-22-17-15(13-7-10-23-11-13)6-5-14(16(17)18(20)21)12-24-19-8-3-2-4-9-19/h5-7,10-11H,2-4,8-9,12H2,1H3,(H,20,21). The van der Waals surface area contributed by atoms with Crippen LogP contribution in [0.15, 0.2) is 35.1 Å². The van der Waals surface area contributed by atoms with Crippen molar-refractivity contribution in [3.05, 3.63) is 41.9 Å². The molecule has 0 unspecified atom stereocenters. The third kappa shape index (κ3) is 3.60. The van der Waals surface area contributed by atoms with Gasteiger partial charge in [0.2, 0.25) is 0 Å². The second kappa shape index (κ2) is 7.77. The summed E-state index contributed by atoms with van der Waals surface area (Å²) in [6.07, 6.45) is 6.86. The first-order valence-corrected chi connectivity index (χ1v) is 8.98. The summed E-state index contributed by atoms with van der Waals surface area (Å²) in [5.74, 6) is 0.0519. The van der Waals surface area contributed by atoms with Crippen LogP contribution >= 0.6 is 11.9 Å². The lowest BCUT2D eigenvalue weighted by Crippen LogP contribution is -2.23. The molecule has 1 aliphatic heterocycles. The van der Waals surface area contributed by atoms with Gasteiger partial charge in [-0.3, -0.25) is 4.31 Å². The highest BCUT2D eigenvalue weighted by molar-refractivity contribution is 7.96. The third-order valence-electron chi connectivity index (χ3n) is 4.21. The van der Waals surface area contributed by atoms with Crippen LogP contribution in [0, 0.1) is 0 Å². The highest BCUT2D eigenvalue weighted by Gasteiger charge is 2.22. The molecule has 2 aromatic rings. The first kappa shape index (κ1) is 16.9. The summed E-state index contributed by atoms with van der Waals surface area (Å²) < 4.78 is 12.9. The van der Waals surface area contributed by atoms with Crippen molar-refractivity contribution in [2.45, 2.75) is 25.0 Å². The second-order valence-corrected chi connectivity index (χ2v) is 6.82. The number of carboxylic acid groups (broad SMARTS) is 1. The maximum Gasteiger partial charge on any atom is 0.339 e. The Balaban J connectivity index is 1.90. The summed E-state index contributed by atoms with van der Waals surface area (Å²) in [7, 11) is 1.51. The van der Waals surface area contributed by atoms with Crippen LogP contribution in [0.1, 0.15) is 35.2 Å². The molecular weight excluding hydrogens is 326 g/mol. The zero-order chi connectivity index (χ0) is 16.9. The summed E-state index contributed by atoms with van der Waals surface area (Å²) >= 11 is 1.70. The number of rotatable bonds is 6. The summed E-state index contributed by atoms with van der Waals surface area (Å²) in [6.45, 7) is 2.13. The van der Waals surface area contributed by atoms with Gasteiger partial charge in [0.05, 0.1) is 19.6 Å². The Morgan fingerprint density at radius 2 is 2.08 bits per heavy atom. The van der Waals surface area contributed by atoms with E-state index in [0.717, 1.165) is 29.8 Å². The van der Waals surface area contributed by atoms with Gasteiger partial charge in [-0.05, 0) is 24.5 Å². The van der Waals surface area contributed by atoms with Gasteiger partial charge in [-0.15, -0.1) is 0 Å². The Hall–Kier alpha value is -1.92. The van der Waals surface area contributed by atoms with Crippen molar-refractivity contribution in [1.29, 1.82) is 0 Å². The van der Waals surface area contributed by atoms with Crippen molar-refractivity contribution < 1.29 is 19.1 Å². The smallest absolute Gasteiger partial charge is 0.339 e. The number of furan rings is 1. The van der Waals surface area contributed by atoms with E-state index in [1.807, 2.05) is 12.1 Å². The quantitative estimate of drug-likeness (QED) is 0.787. The number of hydrogen-bond donors (Lipinski definition) is 1. The first-order valence-electron chi connectivity index (χ1n) is 8.04. The molecule has 1 N–H and O–H groups in total. The van der Waals surface area contributed by atoms with E-state index in [2.05, 4.69) is 4.31 Å². The van der Waals surface area contributed by atoms with Crippen LogP contribution in [0.4, 0.5) is 0 Å². The van der Waals surface area contributed by atoms with E-state index in [1.54, 1.807) is 30.5 Å². The van der Waals surface area contributed by atoms with Gasteiger partial charge in [-0.2, -0.15) is 0 Å². The van der Waals surface area contributed by atoms with Crippen molar-refractivity contribution in [2.75, 3.05) is 20.2 Å². The number of nitrogens with zero attached hydrogens (tertiary/aromatic N) is 1. The van der Waals surface area contributed by atoms with Crippen molar-refractivity contribution >= 4 is 17.9 Å². The number of aromatic carboxylic acids is 1. The fourth-order valence-electron chi connectivity index (χ4n) is 2.99. The highest BCUT2D eigenvalue weighted by atomic mass is 32.2. The molecule has 128 valence electrons. The Morgan fingerprint density at radius 1 is 1.29 bits per heavy atom. The number of benzene rings is 1. The Kier molecular flexibility index (Phi) is 5.48.